The second-order valence-electron chi connectivity index (χ2n) is 3.66. The molecule has 0 bridgehead atoms. The van der Waals surface area contributed by atoms with Crippen molar-refractivity contribution >= 4 is 0 Å². The summed E-state index contributed by atoms with van der Waals surface area (Å²) >= 11 is 0. The van der Waals surface area contributed by atoms with E-state index in [1.54, 1.807) is 0 Å². The second-order valence-corrected chi connectivity index (χ2v) is 3.66. The molecule has 0 saturated heterocycles. The van der Waals surface area contributed by atoms with Crippen LogP contribution in [0.1, 0.15) is 16.7 Å². The van der Waals surface area contributed by atoms with E-state index < -0.39 is 0 Å². The normalized spacial score (nSPS) is 10.4. The Morgan fingerprint density at radius 2 is 2.14 bits per heavy atom. The first-order valence-electron chi connectivity index (χ1n) is 4.77. The Morgan fingerprint density at radius 3 is 2.86 bits per heavy atom. The summed E-state index contributed by atoms with van der Waals surface area (Å²) in [6.45, 7) is 5.18. The molecule has 2 aromatic rings. The largest absolute Gasteiger partial charge is 0.333 e. The number of nitrogens with zero attached hydrogens (tertiary/aromatic N) is 2. The predicted molar refractivity (Wildman–Crippen MR) is 57.2 cm³/mol. The lowest BCUT2D eigenvalue weighted by atomic mass is 10.1. The first kappa shape index (κ1) is 9.00. The number of rotatable bonds is 2. The lowest BCUT2D eigenvalue weighted by molar-refractivity contribution is 0.791. The summed E-state index contributed by atoms with van der Waals surface area (Å²) in [6.07, 6.45) is 5.65. The maximum absolute atomic E-state index is 4.03. The van der Waals surface area contributed by atoms with Gasteiger partial charge >= 0.3 is 0 Å². The van der Waals surface area contributed by atoms with Gasteiger partial charge in [-0.2, -0.15) is 0 Å². The number of benzene rings is 1. The molecule has 0 saturated carbocycles. The number of aryl methyl sites for hydroxylation is 2. The van der Waals surface area contributed by atoms with Crippen molar-refractivity contribution in [3.8, 4) is 0 Å². The zero-order valence-electron chi connectivity index (χ0n) is 8.57. The van der Waals surface area contributed by atoms with Crippen molar-refractivity contribution in [1.29, 1.82) is 0 Å². The summed E-state index contributed by atoms with van der Waals surface area (Å²) in [5, 5.41) is 0. The highest BCUT2D eigenvalue weighted by Gasteiger charge is 1.99. The van der Waals surface area contributed by atoms with Crippen molar-refractivity contribution in [2.24, 2.45) is 0 Å². The summed E-state index contributed by atoms with van der Waals surface area (Å²) in [5.41, 5.74) is 4.01. The molecule has 14 heavy (non-hydrogen) atoms. The summed E-state index contributed by atoms with van der Waals surface area (Å²) in [7, 11) is 0. The van der Waals surface area contributed by atoms with E-state index in [0.717, 1.165) is 6.54 Å². The standard InChI is InChI=1S/C12H14N2/c1-10-3-4-11(2)12(7-10)8-14-6-5-13-9-14/h3-7,9H,8H2,1-2H3. The molecular weight excluding hydrogens is 172 g/mol. The molecule has 0 unspecified atom stereocenters. The average Bonchev–Trinajstić information content (AvgIpc) is 2.64. The summed E-state index contributed by atoms with van der Waals surface area (Å²) in [6, 6.07) is 6.55. The van der Waals surface area contributed by atoms with E-state index in [0.29, 0.717) is 0 Å². The molecule has 0 fully saturated rings. The maximum atomic E-state index is 4.03. The minimum absolute atomic E-state index is 0.910. The summed E-state index contributed by atoms with van der Waals surface area (Å²) in [5.74, 6) is 0. The zero-order chi connectivity index (χ0) is 9.97. The maximum Gasteiger partial charge on any atom is 0.0949 e. The number of imidazole rings is 1. The highest BCUT2D eigenvalue weighted by Crippen LogP contribution is 2.11. The van der Waals surface area contributed by atoms with Crippen LogP contribution in [0.15, 0.2) is 36.9 Å². The Balaban J connectivity index is 2.28. The van der Waals surface area contributed by atoms with Gasteiger partial charge in [-0.3, -0.25) is 0 Å². The van der Waals surface area contributed by atoms with Crippen LogP contribution in [0.25, 0.3) is 0 Å². The van der Waals surface area contributed by atoms with Gasteiger partial charge in [0, 0.05) is 18.9 Å². The molecule has 2 rings (SSSR count). The highest BCUT2D eigenvalue weighted by atomic mass is 15.0. The van der Waals surface area contributed by atoms with E-state index in [4.69, 9.17) is 0 Å². The molecule has 72 valence electrons. The Morgan fingerprint density at radius 1 is 1.29 bits per heavy atom. The van der Waals surface area contributed by atoms with Gasteiger partial charge in [-0.05, 0) is 25.0 Å². The van der Waals surface area contributed by atoms with Gasteiger partial charge in [0.05, 0.1) is 6.33 Å². The van der Waals surface area contributed by atoms with Gasteiger partial charge in [-0.1, -0.05) is 23.8 Å². The molecule has 0 atom stereocenters. The number of aromatic nitrogens is 2. The molecule has 1 heterocycles. The van der Waals surface area contributed by atoms with Crippen LogP contribution in [-0.2, 0) is 6.54 Å². The minimum atomic E-state index is 0.910. The van der Waals surface area contributed by atoms with E-state index in [2.05, 4.69) is 41.6 Å². The van der Waals surface area contributed by atoms with Crippen LogP contribution in [-0.4, -0.2) is 9.55 Å². The first-order chi connectivity index (χ1) is 6.75. The summed E-state index contributed by atoms with van der Waals surface area (Å²) < 4.78 is 2.09. The van der Waals surface area contributed by atoms with Gasteiger partial charge in [0.25, 0.3) is 0 Å². The van der Waals surface area contributed by atoms with Crippen LogP contribution in [0.2, 0.25) is 0 Å². The quantitative estimate of drug-likeness (QED) is 0.704. The van der Waals surface area contributed by atoms with Crippen molar-refractivity contribution in [1.82, 2.24) is 9.55 Å². The average molecular weight is 186 g/mol. The van der Waals surface area contributed by atoms with Crippen LogP contribution < -0.4 is 0 Å². The van der Waals surface area contributed by atoms with E-state index in [9.17, 15) is 0 Å². The molecule has 0 aliphatic rings. The third kappa shape index (κ3) is 1.84. The van der Waals surface area contributed by atoms with Gasteiger partial charge in [-0.25, -0.2) is 4.98 Å². The van der Waals surface area contributed by atoms with E-state index in [-0.39, 0.29) is 0 Å². The lowest BCUT2D eigenvalue weighted by Crippen LogP contribution is -1.99. The van der Waals surface area contributed by atoms with Crippen molar-refractivity contribution in [3.63, 3.8) is 0 Å². The summed E-state index contributed by atoms with van der Waals surface area (Å²) in [4.78, 5) is 4.03. The molecule has 0 aliphatic heterocycles. The SMILES string of the molecule is Cc1ccc(C)c(Cn2ccnc2)c1. The first-order valence-corrected chi connectivity index (χ1v) is 4.77. The van der Waals surface area contributed by atoms with Crippen LogP contribution in [0.3, 0.4) is 0 Å². The molecule has 0 amide bonds. The van der Waals surface area contributed by atoms with Crippen molar-refractivity contribution in [2.45, 2.75) is 20.4 Å². The molecule has 0 N–H and O–H groups in total. The zero-order valence-corrected chi connectivity index (χ0v) is 8.57. The molecular formula is C12H14N2. The van der Waals surface area contributed by atoms with Gasteiger partial charge in [0.2, 0.25) is 0 Å². The molecule has 0 aliphatic carbocycles. The molecule has 2 nitrogen and oxygen atoms in total. The van der Waals surface area contributed by atoms with Gasteiger partial charge < -0.3 is 4.57 Å². The predicted octanol–water partition coefficient (Wildman–Crippen LogP) is 2.55. The Labute approximate surface area is 84.2 Å². The Kier molecular flexibility index (Phi) is 2.35. The number of hydrogen-bond donors (Lipinski definition) is 0. The van der Waals surface area contributed by atoms with Crippen molar-refractivity contribution < 1.29 is 0 Å². The van der Waals surface area contributed by atoms with Crippen molar-refractivity contribution in [3.05, 3.63) is 53.6 Å². The van der Waals surface area contributed by atoms with E-state index in [1.165, 1.54) is 16.7 Å². The third-order valence-corrected chi connectivity index (χ3v) is 2.42. The van der Waals surface area contributed by atoms with Gasteiger partial charge in [-0.15, -0.1) is 0 Å². The Bertz CT molecular complexity index is 416. The fraction of sp³-hybridized carbons (Fsp3) is 0.250. The van der Waals surface area contributed by atoms with E-state index in [1.807, 2.05) is 18.7 Å². The van der Waals surface area contributed by atoms with Crippen LogP contribution in [0.4, 0.5) is 0 Å². The molecule has 1 aromatic heterocycles. The molecule has 0 spiro atoms. The molecule has 1 aromatic carbocycles. The smallest absolute Gasteiger partial charge is 0.0949 e. The van der Waals surface area contributed by atoms with Gasteiger partial charge in [0.15, 0.2) is 0 Å². The monoisotopic (exact) mass is 186 g/mol. The van der Waals surface area contributed by atoms with E-state index >= 15 is 0 Å². The van der Waals surface area contributed by atoms with Crippen LogP contribution in [0, 0.1) is 13.8 Å². The highest BCUT2D eigenvalue weighted by molar-refractivity contribution is 5.30. The topological polar surface area (TPSA) is 17.8 Å². The van der Waals surface area contributed by atoms with Crippen LogP contribution in [0.5, 0.6) is 0 Å². The Hall–Kier alpha value is -1.57. The second kappa shape index (κ2) is 3.66. The fourth-order valence-electron chi connectivity index (χ4n) is 1.55. The minimum Gasteiger partial charge on any atom is -0.333 e. The number of hydrogen-bond acceptors (Lipinski definition) is 1. The van der Waals surface area contributed by atoms with Gasteiger partial charge in [0.1, 0.15) is 0 Å². The van der Waals surface area contributed by atoms with Crippen molar-refractivity contribution in [2.75, 3.05) is 0 Å². The lowest BCUT2D eigenvalue weighted by Gasteiger charge is -2.07. The molecule has 2 heteroatoms. The molecule has 0 radical (unpaired) electrons. The third-order valence-electron chi connectivity index (χ3n) is 2.42. The fourth-order valence-corrected chi connectivity index (χ4v) is 1.55. The van der Waals surface area contributed by atoms with Crippen LogP contribution >= 0.6 is 0 Å².